The number of carboxylic acid groups (broad SMARTS) is 1. The topological polar surface area (TPSA) is 200 Å². The number of nitrogen functional groups attached to an aromatic ring is 1. The van der Waals surface area contributed by atoms with Crippen molar-refractivity contribution in [3.63, 3.8) is 0 Å². The molecule has 1 aromatic heterocycles. The van der Waals surface area contributed by atoms with Gasteiger partial charge in [-0.2, -0.15) is 0 Å². The average molecular weight is 523 g/mol. The van der Waals surface area contributed by atoms with Crippen molar-refractivity contribution in [3.8, 4) is 0 Å². The highest BCUT2D eigenvalue weighted by molar-refractivity contribution is 8.00. The summed E-state index contributed by atoms with van der Waals surface area (Å²) in [4.78, 5) is 59.4. The van der Waals surface area contributed by atoms with Crippen LogP contribution in [0.1, 0.15) is 25.0 Å². The van der Waals surface area contributed by atoms with Crippen LogP contribution in [0.25, 0.3) is 0 Å². The molecule has 0 radical (unpaired) electrons. The number of hydrogen-bond donors (Lipinski definition) is 4. The van der Waals surface area contributed by atoms with E-state index in [0.717, 1.165) is 35.5 Å². The molecule has 4 rings (SSSR count). The number of aliphatic carboxylic acids is 1. The number of hydrogen-bond acceptors (Lipinski definition) is 11. The number of nitrogens with one attached hydrogen (secondary N) is 1. The van der Waals surface area contributed by atoms with Crippen LogP contribution in [-0.4, -0.2) is 74.5 Å². The van der Waals surface area contributed by atoms with E-state index in [1.54, 1.807) is 5.38 Å². The average Bonchev–Trinajstić information content (AvgIpc) is 3.26. The van der Waals surface area contributed by atoms with Crippen molar-refractivity contribution in [2.24, 2.45) is 10.9 Å². The molecule has 186 valence electrons. The molecule has 35 heavy (non-hydrogen) atoms. The fourth-order valence-electron chi connectivity index (χ4n) is 3.75. The van der Waals surface area contributed by atoms with Gasteiger partial charge in [-0.25, -0.2) is 14.6 Å². The summed E-state index contributed by atoms with van der Waals surface area (Å²) in [5.74, 6) is -2.53. The van der Waals surface area contributed by atoms with Gasteiger partial charge in [0.2, 0.25) is 0 Å². The molecule has 13 nitrogen and oxygen atoms in total. The number of β-lactam (4-membered cyclic amide) rings is 1. The summed E-state index contributed by atoms with van der Waals surface area (Å²) in [7, 11) is 0. The molecule has 1 aromatic rings. The number of carbonyl (C=O) groups excluding carboxylic acids is 3. The lowest BCUT2D eigenvalue weighted by atomic mass is 10.0. The van der Waals surface area contributed by atoms with Crippen LogP contribution in [0.2, 0.25) is 0 Å². The van der Waals surface area contributed by atoms with Gasteiger partial charge in [0.05, 0.1) is 0 Å². The molecule has 3 atom stereocenters. The van der Waals surface area contributed by atoms with Gasteiger partial charge in [0.1, 0.15) is 35.5 Å². The van der Waals surface area contributed by atoms with E-state index >= 15 is 0 Å². The van der Waals surface area contributed by atoms with E-state index in [0.29, 0.717) is 0 Å². The van der Waals surface area contributed by atoms with Crippen molar-refractivity contribution >= 4 is 57.8 Å². The number of carbonyl (C=O) groups is 4. The zero-order chi connectivity index (χ0) is 25.1. The van der Waals surface area contributed by atoms with Gasteiger partial charge in [0, 0.05) is 16.7 Å². The van der Waals surface area contributed by atoms with Crippen LogP contribution in [0.5, 0.6) is 0 Å². The minimum absolute atomic E-state index is 0.145. The predicted octanol–water partition coefficient (Wildman–Crippen LogP) is 0.389. The van der Waals surface area contributed by atoms with Crippen molar-refractivity contribution in [1.82, 2.24) is 15.2 Å². The van der Waals surface area contributed by atoms with E-state index in [1.165, 1.54) is 11.8 Å². The zero-order valence-corrected chi connectivity index (χ0v) is 19.8. The Bertz CT molecular complexity index is 1150. The Balaban J connectivity index is 1.51. The lowest BCUT2D eigenvalue weighted by Crippen LogP contribution is -2.71. The van der Waals surface area contributed by atoms with E-state index in [2.05, 4.69) is 15.5 Å². The molecule has 1 aliphatic carbocycles. The Morgan fingerprint density at radius 1 is 1.37 bits per heavy atom. The van der Waals surface area contributed by atoms with Gasteiger partial charge in [-0.1, -0.05) is 11.2 Å². The Hall–Kier alpha value is -3.59. The number of thioether (sulfide) groups is 1. The molecule has 15 heteroatoms. The number of amides is 3. The van der Waals surface area contributed by atoms with Crippen molar-refractivity contribution in [2.75, 3.05) is 18.1 Å². The number of anilines is 1. The quantitative estimate of drug-likeness (QED) is 0.160. The number of primary amides is 1. The first-order chi connectivity index (χ1) is 16.8. The number of carboxylic acids is 1. The normalized spacial score (nSPS) is 23.9. The van der Waals surface area contributed by atoms with Crippen LogP contribution in [0.3, 0.4) is 0 Å². The third kappa shape index (κ3) is 5.24. The number of nitrogens with two attached hydrogens (primary N) is 2. The van der Waals surface area contributed by atoms with E-state index < -0.39 is 35.3 Å². The van der Waals surface area contributed by atoms with Crippen molar-refractivity contribution in [2.45, 2.75) is 36.8 Å². The molecule has 3 aliphatic rings. The Morgan fingerprint density at radius 3 is 2.80 bits per heavy atom. The minimum Gasteiger partial charge on any atom is -0.477 e. The first-order valence-electron chi connectivity index (χ1n) is 10.5. The fraction of sp³-hybridized carbons (Fsp3) is 0.400. The molecule has 3 amide bonds. The highest BCUT2D eigenvalue weighted by atomic mass is 32.2. The second-order valence-corrected chi connectivity index (χ2v) is 9.73. The molecule has 3 heterocycles. The van der Waals surface area contributed by atoms with E-state index in [9.17, 15) is 24.3 Å². The summed E-state index contributed by atoms with van der Waals surface area (Å²) < 4.78 is 4.70. The molecule has 0 aromatic carbocycles. The number of thiazole rings is 1. The smallest absolute Gasteiger partial charge is 0.404 e. The predicted molar refractivity (Wildman–Crippen MR) is 126 cm³/mol. The molecular formula is C20H22N6O7S2. The number of rotatable bonds is 8. The molecule has 1 saturated heterocycles. The molecule has 6 N–H and O–H groups in total. The van der Waals surface area contributed by atoms with Gasteiger partial charge in [-0.05, 0) is 25.3 Å². The number of aromatic nitrogens is 1. The van der Waals surface area contributed by atoms with Crippen molar-refractivity contribution in [1.29, 1.82) is 0 Å². The highest BCUT2D eigenvalue weighted by Gasteiger charge is 2.54. The van der Waals surface area contributed by atoms with Gasteiger partial charge < -0.3 is 31.5 Å². The summed E-state index contributed by atoms with van der Waals surface area (Å²) in [6.45, 7) is -0.355. The second kappa shape index (κ2) is 10.4. The summed E-state index contributed by atoms with van der Waals surface area (Å²) in [6, 6.07) is -1.00. The van der Waals surface area contributed by atoms with Crippen LogP contribution in [0.4, 0.5) is 9.93 Å². The first-order valence-corrected chi connectivity index (χ1v) is 12.4. The summed E-state index contributed by atoms with van der Waals surface area (Å²) in [6.07, 6.45) is 5.11. The minimum atomic E-state index is -1.36. The molecule has 0 bridgehead atoms. The van der Waals surface area contributed by atoms with Gasteiger partial charge in [0.25, 0.3) is 11.8 Å². The number of oxime groups is 1. The van der Waals surface area contributed by atoms with E-state index in [1.807, 2.05) is 12.2 Å². The number of fused-ring (bicyclic) bond motifs is 1. The van der Waals surface area contributed by atoms with Crippen LogP contribution in [0, 0.1) is 0 Å². The molecule has 1 fully saturated rings. The van der Waals surface area contributed by atoms with Gasteiger partial charge in [0.15, 0.2) is 10.8 Å². The molecular weight excluding hydrogens is 500 g/mol. The molecule has 2 aliphatic heterocycles. The van der Waals surface area contributed by atoms with Gasteiger partial charge in [-0.3, -0.25) is 14.5 Å². The van der Waals surface area contributed by atoms with Crippen LogP contribution in [-0.2, 0) is 24.0 Å². The van der Waals surface area contributed by atoms with E-state index in [4.69, 9.17) is 21.0 Å². The second-order valence-electron chi connectivity index (χ2n) is 7.74. The van der Waals surface area contributed by atoms with Crippen LogP contribution >= 0.6 is 23.1 Å². The lowest BCUT2D eigenvalue weighted by molar-refractivity contribution is -0.150. The third-order valence-corrected chi connectivity index (χ3v) is 7.41. The maximum absolute atomic E-state index is 13.1. The monoisotopic (exact) mass is 522 g/mol. The van der Waals surface area contributed by atoms with Crippen LogP contribution in [0.15, 0.2) is 34.0 Å². The Morgan fingerprint density at radius 2 is 2.17 bits per heavy atom. The zero-order valence-electron chi connectivity index (χ0n) is 18.2. The van der Waals surface area contributed by atoms with Crippen LogP contribution < -0.4 is 16.8 Å². The Labute approximate surface area is 207 Å². The summed E-state index contributed by atoms with van der Waals surface area (Å²) in [5.41, 5.74) is 10.7. The van der Waals surface area contributed by atoms with Crippen molar-refractivity contribution < 1.29 is 33.9 Å². The number of nitrogens with zero attached hydrogens (tertiary/aromatic N) is 3. The lowest BCUT2D eigenvalue weighted by Gasteiger charge is -2.49. The largest absolute Gasteiger partial charge is 0.477 e. The number of allylic oxidation sites excluding steroid dienone is 1. The van der Waals surface area contributed by atoms with E-state index in [-0.39, 0.29) is 46.3 Å². The molecule has 2 unspecified atom stereocenters. The standard InChI is InChI=1S/C20H22N6O7S2/c21-19-23-11(8-35-19)12(25-33-10-4-2-1-3-5-10)15(27)24-13-16(28)26-14(18(29)30)9(6-32-20(22)31)7-34-17(13)26/h2,4,8,10,13,17H,1,3,5-7H2,(H2,21,23)(H2,22,31)(H,24,27)(H,29,30)/b25-12-/t10?,13?,17-/m1/s1. The summed E-state index contributed by atoms with van der Waals surface area (Å²) in [5, 5.41) is 17.4. The number of ether oxygens (including phenoxy) is 1. The van der Waals surface area contributed by atoms with Crippen molar-refractivity contribution in [3.05, 3.63) is 34.5 Å². The highest BCUT2D eigenvalue weighted by Crippen LogP contribution is 2.40. The Kier molecular flexibility index (Phi) is 7.25. The fourth-order valence-corrected chi connectivity index (χ4v) is 5.63. The molecule has 0 spiro atoms. The van der Waals surface area contributed by atoms with Gasteiger partial charge in [-0.15, -0.1) is 23.1 Å². The summed E-state index contributed by atoms with van der Waals surface area (Å²) >= 11 is 2.34. The van der Waals surface area contributed by atoms with Gasteiger partial charge >= 0.3 is 12.1 Å². The first kappa shape index (κ1) is 24.5. The maximum atomic E-state index is 13.1. The SMILES string of the molecule is NC(=O)OCC1=C(C(=O)O)N2C(=O)C(NC(=O)/C(=N\OC3C=CCCC3)c3csc(N)n3)[C@H]2SC1. The third-order valence-electron chi connectivity index (χ3n) is 5.39. The maximum Gasteiger partial charge on any atom is 0.404 e. The molecule has 0 saturated carbocycles.